The normalized spacial score (nSPS) is 9.14. The number of nitrogens with zero attached hydrogens (tertiary/aromatic N) is 2. The first-order valence-electron chi connectivity index (χ1n) is 7.31. The molecule has 0 radical (unpaired) electrons. The molecule has 0 aliphatic carbocycles. The molecule has 3 aromatic rings. The van der Waals surface area contributed by atoms with Crippen LogP contribution in [0.3, 0.4) is 0 Å². The van der Waals surface area contributed by atoms with Gasteiger partial charge in [0.2, 0.25) is 0 Å². The minimum absolute atomic E-state index is 0.913. The van der Waals surface area contributed by atoms with Crippen LogP contribution < -0.4 is 5.32 Å². The Labute approximate surface area is 131 Å². The van der Waals surface area contributed by atoms with E-state index in [1.54, 1.807) is 6.20 Å². The Balaban J connectivity index is 0.000000561. The molecular weight excluding hydrogens is 274 g/mol. The van der Waals surface area contributed by atoms with Gasteiger partial charge in [-0.3, -0.25) is 4.98 Å². The van der Waals surface area contributed by atoms with E-state index in [1.807, 2.05) is 69.3 Å². The van der Waals surface area contributed by atoms with Crippen molar-refractivity contribution in [2.75, 3.05) is 12.4 Å². The number of para-hydroxylation sites is 1. The van der Waals surface area contributed by atoms with Crippen LogP contribution in [-0.4, -0.2) is 22.2 Å². The zero-order valence-electron chi connectivity index (χ0n) is 13.5. The topological polar surface area (TPSA) is 58.0 Å². The number of benzene rings is 2. The Kier molecular flexibility index (Phi) is 7.57. The summed E-state index contributed by atoms with van der Waals surface area (Å²) in [5.74, 6) is 0. The maximum absolute atomic E-state index is 7.00. The monoisotopic (exact) mass is 297 g/mol. The van der Waals surface area contributed by atoms with E-state index in [9.17, 15) is 0 Å². The smallest absolute Gasteiger partial charge is 0.0910 e. The van der Waals surface area contributed by atoms with E-state index in [2.05, 4.69) is 15.3 Å². The van der Waals surface area contributed by atoms with E-state index >= 15 is 0 Å². The number of nitrogens with one attached hydrogen (secondary N) is 1. The predicted octanol–water partition coefficient (Wildman–Crippen LogP) is 4.32. The Morgan fingerprint density at radius 1 is 0.864 bits per heavy atom. The summed E-state index contributed by atoms with van der Waals surface area (Å²) in [7, 11) is 1.00. The molecule has 1 aromatic heterocycles. The fraction of sp³-hybridized carbons (Fsp3) is 0.222. The van der Waals surface area contributed by atoms with E-state index in [1.165, 1.54) is 0 Å². The number of fused-ring (bicyclic) bond motifs is 1. The maximum Gasteiger partial charge on any atom is 0.0910 e. The summed E-state index contributed by atoms with van der Waals surface area (Å²) >= 11 is 0. The second-order valence-electron chi connectivity index (χ2n) is 4.21. The van der Waals surface area contributed by atoms with Gasteiger partial charge in [-0.05, 0) is 37.3 Å². The van der Waals surface area contributed by atoms with Crippen molar-refractivity contribution in [1.29, 1.82) is 0 Å². The van der Waals surface area contributed by atoms with Crippen molar-refractivity contribution in [3.8, 4) is 0 Å². The zero-order chi connectivity index (χ0) is 16.4. The van der Waals surface area contributed by atoms with E-state index in [0.717, 1.165) is 35.2 Å². The fourth-order valence-corrected chi connectivity index (χ4v) is 1.87. The number of aliphatic hydroxyl groups is 1. The molecule has 0 spiro atoms. The summed E-state index contributed by atoms with van der Waals surface area (Å²) in [4.78, 5) is 8.81. The van der Waals surface area contributed by atoms with E-state index in [0.29, 0.717) is 0 Å². The molecule has 22 heavy (non-hydrogen) atoms. The first-order valence-corrected chi connectivity index (χ1v) is 7.31. The van der Waals surface area contributed by atoms with E-state index in [4.69, 9.17) is 5.11 Å². The van der Waals surface area contributed by atoms with Crippen LogP contribution >= 0.6 is 0 Å². The third-order valence-corrected chi connectivity index (χ3v) is 2.73. The van der Waals surface area contributed by atoms with Crippen LogP contribution in [0.15, 0.2) is 54.7 Å². The van der Waals surface area contributed by atoms with Gasteiger partial charge < -0.3 is 10.4 Å². The number of aromatic nitrogens is 2. The molecule has 0 unspecified atom stereocenters. The molecule has 4 heteroatoms. The SMILES string of the molecule is CC.CO.Cc1cnc2ccc(Nc3ccccc3)cc2n1. The molecule has 0 fully saturated rings. The number of anilines is 2. The average Bonchev–Trinajstić information content (AvgIpc) is 2.59. The van der Waals surface area contributed by atoms with Crippen LogP contribution in [0.5, 0.6) is 0 Å². The standard InChI is InChI=1S/C15H13N3.C2H6.CH4O/c1-11-10-16-14-8-7-13(9-15(14)17-11)18-12-5-3-2-4-6-12;2*1-2/h2-10,18H,1H3;1-2H3;2H,1H3. The fourth-order valence-electron chi connectivity index (χ4n) is 1.87. The highest BCUT2D eigenvalue weighted by molar-refractivity contribution is 5.79. The first kappa shape index (κ1) is 17.6. The summed E-state index contributed by atoms with van der Waals surface area (Å²) in [5.41, 5.74) is 4.85. The van der Waals surface area contributed by atoms with Crippen molar-refractivity contribution in [3.05, 3.63) is 60.4 Å². The van der Waals surface area contributed by atoms with E-state index < -0.39 is 0 Å². The highest BCUT2D eigenvalue weighted by Crippen LogP contribution is 2.20. The van der Waals surface area contributed by atoms with Crippen LogP contribution in [0.2, 0.25) is 0 Å². The Morgan fingerprint density at radius 2 is 1.55 bits per heavy atom. The minimum Gasteiger partial charge on any atom is -0.400 e. The molecule has 0 bridgehead atoms. The lowest BCUT2D eigenvalue weighted by molar-refractivity contribution is 0.399. The lowest BCUT2D eigenvalue weighted by Gasteiger charge is -2.07. The van der Waals surface area contributed by atoms with Gasteiger partial charge >= 0.3 is 0 Å². The molecule has 0 aliphatic rings. The second-order valence-corrected chi connectivity index (χ2v) is 4.21. The van der Waals surface area contributed by atoms with Gasteiger partial charge in [-0.1, -0.05) is 32.0 Å². The van der Waals surface area contributed by atoms with E-state index in [-0.39, 0.29) is 0 Å². The Hall–Kier alpha value is -2.46. The number of hydrogen-bond acceptors (Lipinski definition) is 4. The summed E-state index contributed by atoms with van der Waals surface area (Å²) in [5, 5.41) is 10.3. The predicted molar refractivity (Wildman–Crippen MR) is 93.5 cm³/mol. The molecule has 0 aliphatic heterocycles. The number of aryl methyl sites for hydroxylation is 1. The Bertz CT molecular complexity index is 684. The number of rotatable bonds is 2. The molecule has 0 atom stereocenters. The minimum atomic E-state index is 0.913. The van der Waals surface area contributed by atoms with Crippen LogP contribution in [0, 0.1) is 6.92 Å². The van der Waals surface area contributed by atoms with Crippen molar-refractivity contribution in [3.63, 3.8) is 0 Å². The molecular formula is C18H23N3O. The quantitative estimate of drug-likeness (QED) is 0.739. The highest BCUT2D eigenvalue weighted by atomic mass is 16.2. The van der Waals surface area contributed by atoms with Gasteiger partial charge in [-0.25, -0.2) is 4.98 Å². The van der Waals surface area contributed by atoms with Crippen LogP contribution in [0.25, 0.3) is 11.0 Å². The molecule has 3 rings (SSSR count). The number of aliphatic hydroxyl groups excluding tert-OH is 1. The van der Waals surface area contributed by atoms with Gasteiger partial charge in [0.1, 0.15) is 0 Å². The third kappa shape index (κ3) is 4.82. The van der Waals surface area contributed by atoms with Crippen molar-refractivity contribution in [1.82, 2.24) is 9.97 Å². The summed E-state index contributed by atoms with van der Waals surface area (Å²) in [6.45, 7) is 5.95. The number of hydrogen-bond donors (Lipinski definition) is 2. The molecule has 0 amide bonds. The zero-order valence-corrected chi connectivity index (χ0v) is 13.5. The highest BCUT2D eigenvalue weighted by Gasteiger charge is 1.99. The third-order valence-electron chi connectivity index (χ3n) is 2.73. The lowest BCUT2D eigenvalue weighted by Crippen LogP contribution is -1.92. The van der Waals surface area contributed by atoms with Gasteiger partial charge in [-0.15, -0.1) is 0 Å². The van der Waals surface area contributed by atoms with Crippen molar-refractivity contribution >= 4 is 22.4 Å². The first-order chi connectivity index (χ1) is 10.8. The summed E-state index contributed by atoms with van der Waals surface area (Å²) in [6, 6.07) is 16.1. The van der Waals surface area contributed by atoms with Gasteiger partial charge in [-0.2, -0.15) is 0 Å². The van der Waals surface area contributed by atoms with Crippen LogP contribution in [0.4, 0.5) is 11.4 Å². The van der Waals surface area contributed by atoms with Gasteiger partial charge in [0.25, 0.3) is 0 Å². The van der Waals surface area contributed by atoms with Crippen LogP contribution in [-0.2, 0) is 0 Å². The molecule has 1 heterocycles. The van der Waals surface area contributed by atoms with Crippen molar-refractivity contribution in [2.45, 2.75) is 20.8 Å². The molecule has 0 saturated heterocycles. The second kappa shape index (κ2) is 9.47. The Morgan fingerprint density at radius 3 is 2.23 bits per heavy atom. The molecule has 2 N–H and O–H groups in total. The molecule has 2 aromatic carbocycles. The van der Waals surface area contributed by atoms with Crippen molar-refractivity contribution in [2.24, 2.45) is 0 Å². The van der Waals surface area contributed by atoms with Crippen LogP contribution in [0.1, 0.15) is 19.5 Å². The molecule has 116 valence electrons. The van der Waals surface area contributed by atoms with Crippen molar-refractivity contribution < 1.29 is 5.11 Å². The average molecular weight is 297 g/mol. The summed E-state index contributed by atoms with van der Waals surface area (Å²) in [6.07, 6.45) is 1.78. The lowest BCUT2D eigenvalue weighted by atomic mass is 10.2. The summed E-state index contributed by atoms with van der Waals surface area (Å²) < 4.78 is 0. The van der Waals surface area contributed by atoms with Gasteiger partial charge in [0, 0.05) is 24.7 Å². The van der Waals surface area contributed by atoms with Gasteiger partial charge in [0.15, 0.2) is 0 Å². The van der Waals surface area contributed by atoms with Gasteiger partial charge in [0.05, 0.1) is 16.7 Å². The molecule has 0 saturated carbocycles. The maximum atomic E-state index is 7.00. The largest absolute Gasteiger partial charge is 0.400 e. The molecule has 4 nitrogen and oxygen atoms in total.